The van der Waals surface area contributed by atoms with E-state index in [9.17, 15) is 0 Å². The number of hydrogen-bond acceptors (Lipinski definition) is 3. The first-order chi connectivity index (χ1) is 18.5. The van der Waals surface area contributed by atoms with E-state index >= 15 is 4.39 Å². The summed E-state index contributed by atoms with van der Waals surface area (Å²) in [6.07, 6.45) is 13.8. The molecule has 2 aromatic carbocycles. The van der Waals surface area contributed by atoms with Crippen LogP contribution in [0.25, 0.3) is 0 Å². The minimum Gasteiger partial charge on any atom is -1.00 e. The van der Waals surface area contributed by atoms with E-state index in [0.717, 1.165) is 43.7 Å². The van der Waals surface area contributed by atoms with Crippen LogP contribution in [0.5, 0.6) is 17.2 Å². The van der Waals surface area contributed by atoms with Crippen molar-refractivity contribution < 1.29 is 47.2 Å². The zero-order valence-corrected chi connectivity index (χ0v) is 27.1. The molecule has 1 aliphatic rings. The lowest BCUT2D eigenvalue weighted by molar-refractivity contribution is -0.546. The summed E-state index contributed by atoms with van der Waals surface area (Å²) in [5.74, 6) is 1.77. The van der Waals surface area contributed by atoms with Crippen LogP contribution in [0.15, 0.2) is 24.3 Å². The lowest BCUT2D eigenvalue weighted by atomic mass is 9.92. The van der Waals surface area contributed by atoms with Crippen LogP contribution < -0.4 is 38.2 Å². The molecule has 0 saturated carbocycles. The van der Waals surface area contributed by atoms with E-state index in [4.69, 9.17) is 25.8 Å². The fraction of sp³-hybridized carbons (Fsp3) is 0.594. The van der Waals surface area contributed by atoms with Gasteiger partial charge in [-0.25, -0.2) is 8.97 Å². The van der Waals surface area contributed by atoms with Crippen LogP contribution in [-0.4, -0.2) is 37.7 Å². The minimum atomic E-state index is -0.330. The van der Waals surface area contributed by atoms with Crippen molar-refractivity contribution in [2.24, 2.45) is 0 Å². The Morgan fingerprint density at radius 2 is 1.59 bits per heavy atom. The molecule has 0 aromatic heterocycles. The van der Waals surface area contributed by atoms with Crippen LogP contribution in [0.2, 0.25) is 5.02 Å². The first kappa shape index (κ1) is 33.7. The first-order valence-electron chi connectivity index (χ1n) is 14.5. The van der Waals surface area contributed by atoms with Crippen molar-refractivity contribution in [3.8, 4) is 17.2 Å². The van der Waals surface area contributed by atoms with Gasteiger partial charge in [0.2, 0.25) is 0 Å². The summed E-state index contributed by atoms with van der Waals surface area (Å²) in [5, 5.41) is 0.399. The standard InChI is InChI=1S/C32H46ClFNO3.HI/c1-5-7-9-11-12-14-20-38-32-26-18-19-35(23-27-28(33)21-24(36-3)22-29(27)34)30(15-13-10-8-6-2)25(26)16-17-31(32)37-4;/h16-17,21-22H,5-15,18-20,23H2,1-4H3;1H/q+1;/p-1. The van der Waals surface area contributed by atoms with Gasteiger partial charge in [-0.2, -0.15) is 0 Å². The number of benzene rings is 2. The van der Waals surface area contributed by atoms with Crippen LogP contribution in [0.3, 0.4) is 0 Å². The number of nitrogens with zero attached hydrogens (tertiary/aromatic N) is 1. The zero-order chi connectivity index (χ0) is 27.3. The van der Waals surface area contributed by atoms with Gasteiger partial charge in [0.15, 0.2) is 23.8 Å². The topological polar surface area (TPSA) is 30.7 Å². The second-order valence-electron chi connectivity index (χ2n) is 10.2. The largest absolute Gasteiger partial charge is 1.00 e. The molecule has 39 heavy (non-hydrogen) atoms. The van der Waals surface area contributed by atoms with Gasteiger partial charge in [-0.3, -0.25) is 0 Å². The molecule has 1 aliphatic heterocycles. The van der Waals surface area contributed by atoms with Crippen molar-refractivity contribution >= 4 is 17.3 Å². The molecular formula is C32H46ClFINO3. The predicted molar refractivity (Wildman–Crippen MR) is 155 cm³/mol. The molecule has 1 heterocycles. The maximum atomic E-state index is 15.0. The molecule has 7 heteroatoms. The average molecular weight is 674 g/mol. The van der Waals surface area contributed by atoms with Gasteiger partial charge in [0.1, 0.15) is 18.1 Å². The average Bonchev–Trinajstić information content (AvgIpc) is 2.92. The van der Waals surface area contributed by atoms with Crippen molar-refractivity contribution in [2.45, 2.75) is 97.4 Å². The molecule has 218 valence electrons. The van der Waals surface area contributed by atoms with E-state index < -0.39 is 0 Å². The highest BCUT2D eigenvalue weighted by Gasteiger charge is 2.31. The molecule has 0 spiro atoms. The molecule has 0 saturated heterocycles. The summed E-state index contributed by atoms with van der Waals surface area (Å²) >= 11 is 6.51. The summed E-state index contributed by atoms with van der Waals surface area (Å²) in [5.41, 5.74) is 4.14. The third-order valence-corrected chi connectivity index (χ3v) is 7.82. The van der Waals surface area contributed by atoms with E-state index in [0.29, 0.717) is 29.5 Å². The van der Waals surface area contributed by atoms with Crippen molar-refractivity contribution in [1.82, 2.24) is 0 Å². The summed E-state index contributed by atoms with van der Waals surface area (Å²) < 4.78 is 34.6. The number of hydrogen-bond donors (Lipinski definition) is 0. The molecular weight excluding hydrogens is 628 g/mol. The molecule has 0 bridgehead atoms. The minimum absolute atomic E-state index is 0. The van der Waals surface area contributed by atoms with Crippen LogP contribution >= 0.6 is 11.6 Å². The molecule has 0 atom stereocenters. The molecule has 0 fully saturated rings. The normalized spacial score (nSPS) is 12.7. The van der Waals surface area contributed by atoms with E-state index in [1.54, 1.807) is 13.2 Å². The van der Waals surface area contributed by atoms with Gasteiger partial charge >= 0.3 is 0 Å². The summed E-state index contributed by atoms with van der Waals surface area (Å²) in [7, 11) is 3.23. The van der Waals surface area contributed by atoms with E-state index in [2.05, 4.69) is 24.5 Å². The van der Waals surface area contributed by atoms with Crippen LogP contribution in [0.1, 0.15) is 101 Å². The van der Waals surface area contributed by atoms with Crippen molar-refractivity contribution in [3.63, 3.8) is 0 Å². The maximum absolute atomic E-state index is 15.0. The van der Waals surface area contributed by atoms with Gasteiger partial charge in [-0.15, -0.1) is 0 Å². The van der Waals surface area contributed by atoms with Crippen LogP contribution in [0, 0.1) is 5.82 Å². The van der Waals surface area contributed by atoms with Crippen LogP contribution in [-0.2, 0) is 13.0 Å². The number of rotatable bonds is 17. The Bertz CT molecular complexity index is 1050. The smallest absolute Gasteiger partial charge is 0.184 e. The molecule has 2 aromatic rings. The first-order valence-corrected chi connectivity index (χ1v) is 14.9. The highest BCUT2D eigenvalue weighted by atomic mass is 127. The highest BCUT2D eigenvalue weighted by Crippen LogP contribution is 2.37. The number of fused-ring (bicyclic) bond motifs is 1. The lowest BCUT2D eigenvalue weighted by Gasteiger charge is -2.23. The van der Waals surface area contributed by atoms with E-state index in [1.807, 2.05) is 6.07 Å². The molecule has 3 rings (SSSR count). The predicted octanol–water partition coefficient (Wildman–Crippen LogP) is 5.77. The second kappa shape index (κ2) is 18.0. The second-order valence-corrected chi connectivity index (χ2v) is 10.6. The summed E-state index contributed by atoms with van der Waals surface area (Å²) in [6, 6.07) is 7.28. The molecule has 0 aliphatic carbocycles. The Hall–Kier alpha value is -1.54. The molecule has 0 amide bonds. The fourth-order valence-electron chi connectivity index (χ4n) is 5.28. The van der Waals surface area contributed by atoms with Gasteiger partial charge in [0, 0.05) is 30.0 Å². The third-order valence-electron chi connectivity index (χ3n) is 7.48. The zero-order valence-electron chi connectivity index (χ0n) is 24.2. The fourth-order valence-corrected chi connectivity index (χ4v) is 5.54. The van der Waals surface area contributed by atoms with Crippen LogP contribution in [0.4, 0.5) is 4.39 Å². The number of halogens is 3. The van der Waals surface area contributed by atoms with Crippen molar-refractivity contribution in [1.29, 1.82) is 0 Å². The molecule has 0 unspecified atom stereocenters. The van der Waals surface area contributed by atoms with Crippen molar-refractivity contribution in [3.05, 3.63) is 51.8 Å². The van der Waals surface area contributed by atoms with Gasteiger partial charge in [-0.05, 0) is 31.0 Å². The van der Waals surface area contributed by atoms with Gasteiger partial charge in [0.05, 0.1) is 31.4 Å². The van der Waals surface area contributed by atoms with Gasteiger partial charge in [-0.1, -0.05) is 76.8 Å². The van der Waals surface area contributed by atoms with Gasteiger partial charge < -0.3 is 38.2 Å². The summed E-state index contributed by atoms with van der Waals surface area (Å²) in [4.78, 5) is 0. The Balaban J connectivity index is 0.00000533. The monoisotopic (exact) mass is 673 g/mol. The third kappa shape index (κ3) is 9.51. The number of methoxy groups -OCH3 is 2. The Morgan fingerprint density at radius 1 is 0.897 bits per heavy atom. The molecule has 0 N–H and O–H groups in total. The molecule has 4 nitrogen and oxygen atoms in total. The number of unbranched alkanes of at least 4 members (excludes halogenated alkanes) is 8. The van der Waals surface area contributed by atoms with E-state index in [-0.39, 0.29) is 29.8 Å². The summed E-state index contributed by atoms with van der Waals surface area (Å²) in [6.45, 7) is 6.37. The Kier molecular flexibility index (Phi) is 15.5. The number of ether oxygens (including phenoxy) is 3. The Labute approximate surface area is 257 Å². The van der Waals surface area contributed by atoms with E-state index in [1.165, 1.54) is 81.4 Å². The maximum Gasteiger partial charge on any atom is 0.184 e. The quantitative estimate of drug-likeness (QED) is 0.122. The lowest BCUT2D eigenvalue weighted by Crippen LogP contribution is -3.00. The highest BCUT2D eigenvalue weighted by molar-refractivity contribution is 6.31. The van der Waals surface area contributed by atoms with Crippen molar-refractivity contribution in [2.75, 3.05) is 27.4 Å². The molecule has 0 radical (unpaired) electrons. The Morgan fingerprint density at radius 3 is 2.26 bits per heavy atom. The SMILES string of the molecule is CCCCCCCCOc1c(OC)ccc2c1CC[N+](Cc1c(F)cc(OC)cc1Cl)=C2CCCCCC.[I-]. The van der Waals surface area contributed by atoms with Gasteiger partial charge in [0.25, 0.3) is 0 Å².